The maximum absolute atomic E-state index is 11.9. The Bertz CT molecular complexity index is 466. The van der Waals surface area contributed by atoms with Gasteiger partial charge in [0.25, 0.3) is 0 Å². The number of allylic oxidation sites excluding steroid dienone is 1. The molecule has 1 aliphatic carbocycles. The first-order valence-corrected chi connectivity index (χ1v) is 7.01. The molecule has 1 N–H and O–H groups in total. The first-order chi connectivity index (χ1) is 9.29. The molecule has 1 fully saturated rings. The SMILES string of the molecule is CCOc1cccc(NC=C2CCCCCC2=O)c1. The fourth-order valence-corrected chi connectivity index (χ4v) is 2.24. The predicted molar refractivity (Wildman–Crippen MR) is 77.4 cm³/mol. The number of nitrogens with one attached hydrogen (secondary N) is 1. The lowest BCUT2D eigenvalue weighted by atomic mass is 10.1. The van der Waals surface area contributed by atoms with Gasteiger partial charge in [-0.3, -0.25) is 4.79 Å². The van der Waals surface area contributed by atoms with Crippen LogP contribution < -0.4 is 10.1 Å². The van der Waals surface area contributed by atoms with Crippen molar-refractivity contribution in [2.24, 2.45) is 0 Å². The summed E-state index contributed by atoms with van der Waals surface area (Å²) in [6, 6.07) is 7.79. The zero-order valence-electron chi connectivity index (χ0n) is 11.4. The van der Waals surface area contributed by atoms with Gasteiger partial charge in [-0.2, -0.15) is 0 Å². The zero-order chi connectivity index (χ0) is 13.5. The lowest BCUT2D eigenvalue weighted by molar-refractivity contribution is -0.115. The number of carbonyl (C=O) groups excluding carboxylic acids is 1. The van der Waals surface area contributed by atoms with E-state index in [-0.39, 0.29) is 5.78 Å². The van der Waals surface area contributed by atoms with Gasteiger partial charge in [0.2, 0.25) is 0 Å². The van der Waals surface area contributed by atoms with Gasteiger partial charge < -0.3 is 10.1 Å². The molecule has 1 aromatic rings. The number of hydrogen-bond acceptors (Lipinski definition) is 3. The Morgan fingerprint density at radius 3 is 2.95 bits per heavy atom. The first kappa shape index (κ1) is 13.7. The van der Waals surface area contributed by atoms with E-state index in [9.17, 15) is 4.79 Å². The van der Waals surface area contributed by atoms with Crippen LogP contribution in [0.3, 0.4) is 0 Å². The van der Waals surface area contributed by atoms with Crippen molar-refractivity contribution in [1.82, 2.24) is 0 Å². The number of hydrogen-bond donors (Lipinski definition) is 1. The number of Topliss-reactive ketones (excluding diaryl/α,β-unsaturated/α-hetero) is 1. The number of ketones is 1. The van der Waals surface area contributed by atoms with Gasteiger partial charge in [0.15, 0.2) is 5.78 Å². The summed E-state index contributed by atoms with van der Waals surface area (Å²) in [5.74, 6) is 1.13. The van der Waals surface area contributed by atoms with Crippen molar-refractivity contribution in [3.05, 3.63) is 36.0 Å². The van der Waals surface area contributed by atoms with Crippen LogP contribution in [0.2, 0.25) is 0 Å². The van der Waals surface area contributed by atoms with Crippen LogP contribution in [0.4, 0.5) is 5.69 Å². The summed E-state index contributed by atoms with van der Waals surface area (Å²) in [6.45, 7) is 2.62. The van der Waals surface area contributed by atoms with Gasteiger partial charge in [-0.25, -0.2) is 0 Å². The summed E-state index contributed by atoms with van der Waals surface area (Å²) < 4.78 is 5.45. The van der Waals surface area contributed by atoms with Crippen molar-refractivity contribution in [3.63, 3.8) is 0 Å². The molecule has 0 spiro atoms. The molecule has 0 aromatic heterocycles. The molecule has 0 radical (unpaired) electrons. The van der Waals surface area contributed by atoms with E-state index < -0.39 is 0 Å². The number of rotatable bonds is 4. The smallest absolute Gasteiger partial charge is 0.160 e. The third-order valence-electron chi connectivity index (χ3n) is 3.27. The molecule has 0 atom stereocenters. The summed E-state index contributed by atoms with van der Waals surface area (Å²) >= 11 is 0. The molecule has 102 valence electrons. The summed E-state index contributed by atoms with van der Waals surface area (Å²) in [7, 11) is 0. The molecule has 2 rings (SSSR count). The molecule has 0 aliphatic heterocycles. The Morgan fingerprint density at radius 1 is 1.26 bits per heavy atom. The van der Waals surface area contributed by atoms with Gasteiger partial charge in [0.1, 0.15) is 5.75 Å². The van der Waals surface area contributed by atoms with E-state index in [4.69, 9.17) is 4.74 Å². The molecule has 1 aromatic carbocycles. The number of carbonyl (C=O) groups is 1. The van der Waals surface area contributed by atoms with Gasteiger partial charge in [0.05, 0.1) is 6.61 Å². The van der Waals surface area contributed by atoms with Gasteiger partial charge in [-0.05, 0) is 38.3 Å². The van der Waals surface area contributed by atoms with Crippen LogP contribution >= 0.6 is 0 Å². The maximum atomic E-state index is 11.9. The number of anilines is 1. The molecule has 1 aliphatic rings. The molecule has 1 saturated carbocycles. The summed E-state index contributed by atoms with van der Waals surface area (Å²) in [5, 5.41) is 3.21. The number of benzene rings is 1. The van der Waals surface area contributed by atoms with Crippen molar-refractivity contribution in [2.45, 2.75) is 39.0 Å². The van der Waals surface area contributed by atoms with Gasteiger partial charge in [-0.1, -0.05) is 12.5 Å². The lowest BCUT2D eigenvalue weighted by Gasteiger charge is -2.07. The topological polar surface area (TPSA) is 38.3 Å². The average molecular weight is 259 g/mol. The van der Waals surface area contributed by atoms with E-state index in [1.54, 1.807) is 0 Å². The standard InChI is InChI=1S/C16H21NO2/c1-2-19-15-9-6-8-14(11-15)17-12-13-7-4-3-5-10-16(13)18/h6,8-9,11-12,17H,2-5,7,10H2,1H3. The van der Waals surface area contributed by atoms with Crippen molar-refractivity contribution >= 4 is 11.5 Å². The second kappa shape index (κ2) is 6.98. The fraction of sp³-hybridized carbons (Fsp3) is 0.438. The summed E-state index contributed by atoms with van der Waals surface area (Å²) in [5.41, 5.74) is 1.87. The highest BCUT2D eigenvalue weighted by molar-refractivity contribution is 5.95. The second-order valence-electron chi connectivity index (χ2n) is 4.76. The molecule has 3 nitrogen and oxygen atoms in total. The quantitative estimate of drug-likeness (QED) is 0.658. The molecule has 0 amide bonds. The Morgan fingerprint density at radius 2 is 2.11 bits per heavy atom. The average Bonchev–Trinajstić information content (AvgIpc) is 2.62. The molecule has 3 heteroatoms. The first-order valence-electron chi connectivity index (χ1n) is 7.01. The largest absolute Gasteiger partial charge is 0.494 e. The molecule has 0 saturated heterocycles. The Hall–Kier alpha value is -1.77. The van der Waals surface area contributed by atoms with Crippen molar-refractivity contribution in [1.29, 1.82) is 0 Å². The van der Waals surface area contributed by atoms with Gasteiger partial charge in [0, 0.05) is 29.9 Å². The van der Waals surface area contributed by atoms with E-state index in [0.29, 0.717) is 13.0 Å². The molecule has 0 bridgehead atoms. The van der Waals surface area contributed by atoms with E-state index >= 15 is 0 Å². The third kappa shape index (κ3) is 4.12. The molecule has 0 heterocycles. The Labute approximate surface area is 114 Å². The number of ether oxygens (including phenoxy) is 1. The van der Waals surface area contributed by atoms with E-state index in [1.807, 2.05) is 37.4 Å². The Kier molecular flexibility index (Phi) is 5.01. The zero-order valence-corrected chi connectivity index (χ0v) is 11.4. The maximum Gasteiger partial charge on any atom is 0.160 e. The van der Waals surface area contributed by atoms with Crippen molar-refractivity contribution in [2.75, 3.05) is 11.9 Å². The van der Waals surface area contributed by atoms with E-state index in [2.05, 4.69) is 5.32 Å². The van der Waals surface area contributed by atoms with E-state index in [0.717, 1.165) is 42.7 Å². The highest BCUT2D eigenvalue weighted by Crippen LogP contribution is 2.21. The Balaban J connectivity index is 2.03. The minimum Gasteiger partial charge on any atom is -0.494 e. The highest BCUT2D eigenvalue weighted by Gasteiger charge is 2.12. The second-order valence-corrected chi connectivity index (χ2v) is 4.76. The fourth-order valence-electron chi connectivity index (χ4n) is 2.24. The van der Waals surface area contributed by atoms with E-state index in [1.165, 1.54) is 0 Å². The summed E-state index contributed by atoms with van der Waals surface area (Å²) in [4.78, 5) is 11.9. The van der Waals surface area contributed by atoms with Crippen LogP contribution in [0.1, 0.15) is 39.0 Å². The molecular weight excluding hydrogens is 238 g/mol. The lowest BCUT2D eigenvalue weighted by Crippen LogP contribution is -2.02. The van der Waals surface area contributed by atoms with Gasteiger partial charge >= 0.3 is 0 Å². The third-order valence-corrected chi connectivity index (χ3v) is 3.27. The van der Waals surface area contributed by atoms with Crippen LogP contribution in [0, 0.1) is 0 Å². The predicted octanol–water partition coefficient (Wildman–Crippen LogP) is 3.91. The molecule has 0 unspecified atom stereocenters. The molecule has 19 heavy (non-hydrogen) atoms. The van der Waals surface area contributed by atoms with Crippen molar-refractivity contribution < 1.29 is 9.53 Å². The normalized spacial score (nSPS) is 18.2. The van der Waals surface area contributed by atoms with Crippen LogP contribution in [0.15, 0.2) is 36.0 Å². The van der Waals surface area contributed by atoms with Gasteiger partial charge in [-0.15, -0.1) is 0 Å². The van der Waals surface area contributed by atoms with Crippen molar-refractivity contribution in [3.8, 4) is 5.75 Å². The van der Waals surface area contributed by atoms with Crippen LogP contribution in [0.25, 0.3) is 0 Å². The summed E-state index contributed by atoms with van der Waals surface area (Å²) in [6.07, 6.45) is 6.72. The monoisotopic (exact) mass is 259 g/mol. The van der Waals surface area contributed by atoms with Crippen LogP contribution in [-0.4, -0.2) is 12.4 Å². The minimum atomic E-state index is 0.283. The van der Waals surface area contributed by atoms with Crippen LogP contribution in [0.5, 0.6) is 5.75 Å². The van der Waals surface area contributed by atoms with Crippen LogP contribution in [-0.2, 0) is 4.79 Å². The molecular formula is C16H21NO2. The highest BCUT2D eigenvalue weighted by atomic mass is 16.5. The minimum absolute atomic E-state index is 0.283.